The fourth-order valence-corrected chi connectivity index (χ4v) is 1.95. The smallest absolute Gasteiger partial charge is 0.338 e. The molecule has 1 atom stereocenters. The highest BCUT2D eigenvalue weighted by Crippen LogP contribution is 2.16. The SMILES string of the molecule is Cc1ccc(C(=O)O[C@H](C)C(=O)Nc2ccc(Cl)cc2)cc1N. The third-order valence-electron chi connectivity index (χ3n) is 3.28. The number of carbonyl (C=O) groups excluding carboxylic acids is 2. The van der Waals surface area contributed by atoms with Gasteiger partial charge in [-0.1, -0.05) is 17.7 Å². The second kappa shape index (κ2) is 7.15. The van der Waals surface area contributed by atoms with Gasteiger partial charge in [0, 0.05) is 16.4 Å². The maximum atomic E-state index is 12.0. The lowest BCUT2D eigenvalue weighted by Gasteiger charge is -2.14. The minimum Gasteiger partial charge on any atom is -0.449 e. The van der Waals surface area contributed by atoms with Crippen LogP contribution in [0.3, 0.4) is 0 Å². The summed E-state index contributed by atoms with van der Waals surface area (Å²) in [5.41, 5.74) is 8.01. The van der Waals surface area contributed by atoms with E-state index in [0.29, 0.717) is 22.0 Å². The molecular formula is C17H17ClN2O3. The van der Waals surface area contributed by atoms with Gasteiger partial charge in [-0.15, -0.1) is 0 Å². The van der Waals surface area contributed by atoms with Crippen molar-refractivity contribution in [3.05, 3.63) is 58.6 Å². The normalized spacial score (nSPS) is 11.6. The van der Waals surface area contributed by atoms with Gasteiger partial charge >= 0.3 is 5.97 Å². The number of esters is 1. The summed E-state index contributed by atoms with van der Waals surface area (Å²) in [4.78, 5) is 24.1. The molecule has 0 heterocycles. The summed E-state index contributed by atoms with van der Waals surface area (Å²) in [6.07, 6.45) is -0.944. The molecule has 0 aromatic heterocycles. The number of halogens is 1. The van der Waals surface area contributed by atoms with Crippen LogP contribution in [-0.2, 0) is 9.53 Å². The summed E-state index contributed by atoms with van der Waals surface area (Å²) in [5.74, 6) is -1.03. The molecule has 120 valence electrons. The first-order valence-electron chi connectivity index (χ1n) is 7.00. The van der Waals surface area contributed by atoms with Gasteiger partial charge in [-0.2, -0.15) is 0 Å². The summed E-state index contributed by atoms with van der Waals surface area (Å²) < 4.78 is 5.16. The van der Waals surface area contributed by atoms with Gasteiger partial charge in [0.1, 0.15) is 0 Å². The van der Waals surface area contributed by atoms with Crippen LogP contribution in [0.4, 0.5) is 11.4 Å². The molecule has 0 saturated carbocycles. The monoisotopic (exact) mass is 332 g/mol. The zero-order chi connectivity index (χ0) is 17.0. The number of aryl methyl sites for hydroxylation is 1. The number of amides is 1. The Hall–Kier alpha value is -2.53. The van der Waals surface area contributed by atoms with Crippen LogP contribution in [0.25, 0.3) is 0 Å². The number of carbonyl (C=O) groups is 2. The molecule has 0 fully saturated rings. The van der Waals surface area contributed by atoms with Gasteiger partial charge in [-0.25, -0.2) is 4.79 Å². The van der Waals surface area contributed by atoms with Crippen LogP contribution < -0.4 is 11.1 Å². The molecule has 0 radical (unpaired) electrons. The Bertz CT molecular complexity index is 729. The largest absolute Gasteiger partial charge is 0.449 e. The lowest BCUT2D eigenvalue weighted by molar-refractivity contribution is -0.123. The Labute approximate surface area is 139 Å². The van der Waals surface area contributed by atoms with Crippen LogP contribution in [-0.4, -0.2) is 18.0 Å². The summed E-state index contributed by atoms with van der Waals surface area (Å²) in [7, 11) is 0. The zero-order valence-electron chi connectivity index (χ0n) is 12.8. The molecule has 0 aliphatic rings. The molecule has 1 amide bonds. The summed E-state index contributed by atoms with van der Waals surface area (Å²) in [6, 6.07) is 11.5. The van der Waals surface area contributed by atoms with Crippen molar-refractivity contribution in [3.63, 3.8) is 0 Å². The predicted octanol–water partition coefficient (Wildman–Crippen LogP) is 3.41. The van der Waals surface area contributed by atoms with Crippen molar-refractivity contribution < 1.29 is 14.3 Å². The van der Waals surface area contributed by atoms with Gasteiger partial charge in [0.25, 0.3) is 5.91 Å². The molecule has 2 aromatic rings. The number of benzene rings is 2. The molecule has 5 nitrogen and oxygen atoms in total. The average Bonchev–Trinajstić information content (AvgIpc) is 2.52. The van der Waals surface area contributed by atoms with Crippen molar-refractivity contribution in [2.24, 2.45) is 0 Å². The van der Waals surface area contributed by atoms with Gasteiger partial charge in [0.05, 0.1) is 5.56 Å². The Morgan fingerprint density at radius 1 is 1.17 bits per heavy atom. The van der Waals surface area contributed by atoms with E-state index in [2.05, 4.69) is 5.32 Å². The zero-order valence-corrected chi connectivity index (χ0v) is 13.6. The lowest BCUT2D eigenvalue weighted by atomic mass is 10.1. The van der Waals surface area contributed by atoms with Gasteiger partial charge in [-0.05, 0) is 55.8 Å². The number of hydrogen-bond acceptors (Lipinski definition) is 4. The average molecular weight is 333 g/mol. The molecule has 0 aliphatic heterocycles. The summed E-state index contributed by atoms with van der Waals surface area (Å²) >= 11 is 5.78. The molecule has 0 spiro atoms. The first-order valence-corrected chi connectivity index (χ1v) is 7.38. The van der Waals surface area contributed by atoms with E-state index in [1.165, 1.54) is 13.0 Å². The predicted molar refractivity (Wildman–Crippen MR) is 90.6 cm³/mol. The minimum atomic E-state index is -0.944. The fraction of sp³-hybridized carbons (Fsp3) is 0.176. The number of rotatable bonds is 4. The van der Waals surface area contributed by atoms with E-state index in [0.717, 1.165) is 5.56 Å². The third kappa shape index (κ3) is 4.47. The highest BCUT2D eigenvalue weighted by Gasteiger charge is 2.19. The molecule has 0 saturated heterocycles. The first-order chi connectivity index (χ1) is 10.9. The number of nitrogens with two attached hydrogens (primary N) is 1. The molecule has 2 aromatic carbocycles. The number of anilines is 2. The topological polar surface area (TPSA) is 81.4 Å². The highest BCUT2D eigenvalue weighted by molar-refractivity contribution is 6.30. The van der Waals surface area contributed by atoms with E-state index >= 15 is 0 Å². The van der Waals surface area contributed by atoms with Crippen LogP contribution in [0.15, 0.2) is 42.5 Å². The molecule has 23 heavy (non-hydrogen) atoms. The molecule has 0 bridgehead atoms. The Kier molecular flexibility index (Phi) is 5.24. The molecule has 6 heteroatoms. The number of hydrogen-bond donors (Lipinski definition) is 2. The Morgan fingerprint density at radius 3 is 2.43 bits per heavy atom. The van der Waals surface area contributed by atoms with Crippen LogP contribution in [0.1, 0.15) is 22.8 Å². The van der Waals surface area contributed by atoms with E-state index in [9.17, 15) is 9.59 Å². The van der Waals surface area contributed by atoms with E-state index in [4.69, 9.17) is 22.1 Å². The first kappa shape index (κ1) is 16.8. The molecule has 0 aliphatic carbocycles. The van der Waals surface area contributed by atoms with Crippen molar-refractivity contribution in [2.45, 2.75) is 20.0 Å². The van der Waals surface area contributed by atoms with Gasteiger partial charge in [0.15, 0.2) is 6.10 Å². The fourth-order valence-electron chi connectivity index (χ4n) is 1.83. The van der Waals surface area contributed by atoms with Crippen molar-refractivity contribution in [2.75, 3.05) is 11.1 Å². The van der Waals surface area contributed by atoms with E-state index in [-0.39, 0.29) is 0 Å². The quantitative estimate of drug-likeness (QED) is 0.664. The van der Waals surface area contributed by atoms with Gasteiger partial charge in [0.2, 0.25) is 0 Å². The van der Waals surface area contributed by atoms with Crippen molar-refractivity contribution >= 4 is 34.9 Å². The van der Waals surface area contributed by atoms with Crippen molar-refractivity contribution in [1.82, 2.24) is 0 Å². The van der Waals surface area contributed by atoms with E-state index in [1.807, 2.05) is 6.92 Å². The highest BCUT2D eigenvalue weighted by atomic mass is 35.5. The second-order valence-electron chi connectivity index (χ2n) is 5.12. The second-order valence-corrected chi connectivity index (χ2v) is 5.55. The van der Waals surface area contributed by atoms with Crippen LogP contribution in [0, 0.1) is 6.92 Å². The molecular weight excluding hydrogens is 316 g/mol. The van der Waals surface area contributed by atoms with Gasteiger partial charge in [-0.3, -0.25) is 4.79 Å². The van der Waals surface area contributed by atoms with Crippen LogP contribution >= 0.6 is 11.6 Å². The van der Waals surface area contributed by atoms with Crippen LogP contribution in [0.5, 0.6) is 0 Å². The molecule has 0 unspecified atom stereocenters. The standard InChI is InChI=1S/C17H17ClN2O3/c1-10-3-4-12(9-15(10)19)17(22)23-11(2)16(21)20-14-7-5-13(18)6-8-14/h3-9,11H,19H2,1-2H3,(H,20,21)/t11-/m1/s1. The van der Waals surface area contributed by atoms with E-state index < -0.39 is 18.0 Å². The minimum absolute atomic E-state index is 0.305. The summed E-state index contributed by atoms with van der Waals surface area (Å²) in [5, 5.41) is 3.22. The number of ether oxygens (including phenoxy) is 1. The number of nitrogen functional groups attached to an aromatic ring is 1. The number of nitrogens with one attached hydrogen (secondary N) is 1. The Balaban J connectivity index is 1.98. The third-order valence-corrected chi connectivity index (χ3v) is 3.53. The lowest BCUT2D eigenvalue weighted by Crippen LogP contribution is -2.30. The summed E-state index contributed by atoms with van der Waals surface area (Å²) in [6.45, 7) is 3.34. The van der Waals surface area contributed by atoms with E-state index in [1.54, 1.807) is 36.4 Å². The maximum absolute atomic E-state index is 12.0. The van der Waals surface area contributed by atoms with Crippen molar-refractivity contribution in [1.29, 1.82) is 0 Å². The molecule has 3 N–H and O–H groups in total. The van der Waals surface area contributed by atoms with Gasteiger partial charge < -0.3 is 15.8 Å². The maximum Gasteiger partial charge on any atom is 0.338 e. The molecule has 2 rings (SSSR count). The van der Waals surface area contributed by atoms with Crippen molar-refractivity contribution in [3.8, 4) is 0 Å². The Morgan fingerprint density at radius 2 is 1.83 bits per heavy atom. The van der Waals surface area contributed by atoms with Crippen LogP contribution in [0.2, 0.25) is 5.02 Å².